The van der Waals surface area contributed by atoms with Crippen LogP contribution in [0.1, 0.15) is 11.1 Å². The fourth-order valence-corrected chi connectivity index (χ4v) is 2.61. The van der Waals surface area contributed by atoms with Crippen LogP contribution in [-0.2, 0) is 16.1 Å². The first-order valence-corrected chi connectivity index (χ1v) is 9.00. The summed E-state index contributed by atoms with van der Waals surface area (Å²) in [5, 5.41) is 13.6. The number of phenols is 1. The number of rotatable bonds is 7. The molecule has 2 aromatic rings. The molecule has 28 heavy (non-hydrogen) atoms. The number of halogens is 1. The van der Waals surface area contributed by atoms with Crippen molar-refractivity contribution in [2.75, 3.05) is 20.7 Å². The van der Waals surface area contributed by atoms with Crippen molar-refractivity contribution in [3.63, 3.8) is 0 Å². The lowest BCUT2D eigenvalue weighted by Crippen LogP contribution is -2.36. The molecule has 2 aromatic carbocycles. The fourth-order valence-electron chi connectivity index (χ4n) is 2.15. The van der Waals surface area contributed by atoms with Gasteiger partial charge in [0, 0.05) is 7.05 Å². The van der Waals surface area contributed by atoms with Crippen molar-refractivity contribution in [3.8, 4) is 11.5 Å². The number of methoxy groups -OCH3 is 1. The van der Waals surface area contributed by atoms with E-state index in [1.165, 1.54) is 20.4 Å². The zero-order chi connectivity index (χ0) is 20.5. The van der Waals surface area contributed by atoms with Crippen molar-refractivity contribution in [2.45, 2.75) is 6.61 Å². The number of benzene rings is 2. The van der Waals surface area contributed by atoms with E-state index in [4.69, 9.17) is 9.47 Å². The lowest BCUT2D eigenvalue weighted by molar-refractivity contribution is -0.121. The van der Waals surface area contributed by atoms with Gasteiger partial charge < -0.3 is 19.5 Å². The standard InChI is InChI=1S/C19H20BrN3O5/c1-23(19(26)28-12-13-6-4-3-5-7-13)11-17(24)22-21-10-14-8-15(20)18(25)16(9-14)27-2/h3-10,25H,11-12H2,1-2H3,(H,22,24). The molecule has 0 spiro atoms. The third-order valence-electron chi connectivity index (χ3n) is 3.57. The first-order chi connectivity index (χ1) is 13.4. The summed E-state index contributed by atoms with van der Waals surface area (Å²) >= 11 is 3.20. The van der Waals surface area contributed by atoms with Gasteiger partial charge in [0.05, 0.1) is 17.8 Å². The predicted octanol–water partition coefficient (Wildman–Crippen LogP) is 2.88. The number of phenolic OH excluding ortho intramolecular Hbond substituents is 1. The molecule has 0 aromatic heterocycles. The van der Waals surface area contributed by atoms with Gasteiger partial charge in [0.25, 0.3) is 5.91 Å². The summed E-state index contributed by atoms with van der Waals surface area (Å²) in [5.41, 5.74) is 3.77. The molecule has 0 saturated carbocycles. The van der Waals surface area contributed by atoms with Gasteiger partial charge in [0.15, 0.2) is 11.5 Å². The Morgan fingerprint density at radius 1 is 1.29 bits per heavy atom. The highest BCUT2D eigenvalue weighted by Gasteiger charge is 2.14. The highest BCUT2D eigenvalue weighted by atomic mass is 79.9. The van der Waals surface area contributed by atoms with Crippen LogP contribution >= 0.6 is 15.9 Å². The third kappa shape index (κ3) is 6.27. The smallest absolute Gasteiger partial charge is 0.410 e. The molecule has 0 saturated heterocycles. The van der Waals surface area contributed by atoms with Crippen molar-refractivity contribution in [1.29, 1.82) is 0 Å². The van der Waals surface area contributed by atoms with Crippen molar-refractivity contribution in [1.82, 2.24) is 10.3 Å². The molecule has 0 aliphatic rings. The average Bonchev–Trinajstić information content (AvgIpc) is 2.69. The van der Waals surface area contributed by atoms with E-state index < -0.39 is 12.0 Å². The van der Waals surface area contributed by atoms with Crippen molar-refractivity contribution < 1.29 is 24.2 Å². The summed E-state index contributed by atoms with van der Waals surface area (Å²) in [4.78, 5) is 25.0. The van der Waals surface area contributed by atoms with Crippen LogP contribution in [0.3, 0.4) is 0 Å². The number of likely N-dealkylation sites (N-methyl/N-ethyl adjacent to an activating group) is 1. The molecule has 2 amide bonds. The predicted molar refractivity (Wildman–Crippen MR) is 107 cm³/mol. The van der Waals surface area contributed by atoms with Crippen LogP contribution < -0.4 is 10.2 Å². The van der Waals surface area contributed by atoms with Gasteiger partial charge in [-0.15, -0.1) is 0 Å². The molecule has 2 N–H and O–H groups in total. The molecule has 0 aliphatic carbocycles. The van der Waals surface area contributed by atoms with Crippen molar-refractivity contribution in [3.05, 3.63) is 58.1 Å². The highest BCUT2D eigenvalue weighted by molar-refractivity contribution is 9.10. The molecule has 148 valence electrons. The largest absolute Gasteiger partial charge is 0.503 e. The zero-order valence-corrected chi connectivity index (χ0v) is 17.0. The summed E-state index contributed by atoms with van der Waals surface area (Å²) in [6.45, 7) is -0.0884. The molecular weight excluding hydrogens is 430 g/mol. The Kier molecular flexibility index (Phi) is 7.82. The van der Waals surface area contributed by atoms with Crippen LogP contribution in [0.15, 0.2) is 52.0 Å². The van der Waals surface area contributed by atoms with E-state index in [2.05, 4.69) is 26.5 Å². The normalized spacial score (nSPS) is 10.5. The number of ether oxygens (including phenoxy) is 2. The number of hydrazone groups is 1. The maximum Gasteiger partial charge on any atom is 0.410 e. The Labute approximate surface area is 170 Å². The first kappa shape index (κ1) is 21.2. The van der Waals surface area contributed by atoms with E-state index in [1.807, 2.05) is 30.3 Å². The average molecular weight is 450 g/mol. The highest BCUT2D eigenvalue weighted by Crippen LogP contribution is 2.34. The van der Waals surface area contributed by atoms with Gasteiger partial charge in [-0.25, -0.2) is 10.2 Å². The number of amides is 2. The molecule has 0 bridgehead atoms. The minimum atomic E-state index is -0.616. The van der Waals surface area contributed by atoms with E-state index in [-0.39, 0.29) is 24.7 Å². The topological polar surface area (TPSA) is 100 Å². The van der Waals surface area contributed by atoms with E-state index in [9.17, 15) is 14.7 Å². The second kappa shape index (κ2) is 10.3. The van der Waals surface area contributed by atoms with Gasteiger partial charge in [-0.3, -0.25) is 4.79 Å². The van der Waals surface area contributed by atoms with Crippen LogP contribution in [0.2, 0.25) is 0 Å². The monoisotopic (exact) mass is 449 g/mol. The number of nitrogens with zero attached hydrogens (tertiary/aromatic N) is 2. The molecule has 0 aliphatic heterocycles. The zero-order valence-electron chi connectivity index (χ0n) is 15.4. The number of carbonyl (C=O) groups is 2. The summed E-state index contributed by atoms with van der Waals surface area (Å²) < 4.78 is 10.6. The van der Waals surface area contributed by atoms with Gasteiger partial charge in [0.2, 0.25) is 0 Å². The minimum Gasteiger partial charge on any atom is -0.503 e. The van der Waals surface area contributed by atoms with Gasteiger partial charge in [-0.1, -0.05) is 30.3 Å². The summed E-state index contributed by atoms with van der Waals surface area (Å²) in [6.07, 6.45) is 0.772. The van der Waals surface area contributed by atoms with Gasteiger partial charge in [-0.05, 0) is 39.2 Å². The molecule has 0 unspecified atom stereocenters. The molecule has 0 atom stereocenters. The van der Waals surface area contributed by atoms with Crippen molar-refractivity contribution >= 4 is 34.1 Å². The van der Waals surface area contributed by atoms with Crippen LogP contribution in [0.25, 0.3) is 0 Å². The number of hydrogen-bond acceptors (Lipinski definition) is 6. The van der Waals surface area contributed by atoms with E-state index in [1.54, 1.807) is 12.1 Å². The molecule has 2 rings (SSSR count). The Morgan fingerprint density at radius 3 is 2.68 bits per heavy atom. The lowest BCUT2D eigenvalue weighted by Gasteiger charge is -2.15. The molecule has 8 nitrogen and oxygen atoms in total. The molecular formula is C19H20BrN3O5. The number of hydrogen-bond donors (Lipinski definition) is 2. The Balaban J connectivity index is 1.82. The minimum absolute atomic E-state index is 0.0284. The Bertz CT molecular complexity index is 858. The van der Waals surface area contributed by atoms with Crippen LogP contribution in [0.5, 0.6) is 11.5 Å². The third-order valence-corrected chi connectivity index (χ3v) is 4.18. The SMILES string of the molecule is COc1cc(C=NNC(=O)CN(C)C(=O)OCc2ccccc2)cc(Br)c1O. The Hall–Kier alpha value is -3.07. The molecule has 0 heterocycles. The summed E-state index contributed by atoms with van der Waals surface area (Å²) in [5.74, 6) is -0.248. The van der Waals surface area contributed by atoms with E-state index in [0.29, 0.717) is 10.0 Å². The van der Waals surface area contributed by atoms with Crippen LogP contribution in [-0.4, -0.2) is 48.9 Å². The molecule has 0 radical (unpaired) electrons. The van der Waals surface area contributed by atoms with E-state index in [0.717, 1.165) is 10.5 Å². The van der Waals surface area contributed by atoms with Crippen LogP contribution in [0, 0.1) is 0 Å². The maximum absolute atomic E-state index is 11.9. The van der Waals surface area contributed by atoms with Crippen LogP contribution in [0.4, 0.5) is 4.79 Å². The molecule has 9 heteroatoms. The second-order valence-electron chi connectivity index (χ2n) is 5.74. The maximum atomic E-state index is 11.9. The first-order valence-electron chi connectivity index (χ1n) is 8.21. The van der Waals surface area contributed by atoms with E-state index >= 15 is 0 Å². The van der Waals surface area contributed by atoms with Gasteiger partial charge in [0.1, 0.15) is 13.2 Å². The summed E-state index contributed by atoms with van der Waals surface area (Å²) in [6, 6.07) is 12.4. The Morgan fingerprint density at radius 2 is 2.00 bits per heavy atom. The number of aromatic hydroxyl groups is 1. The molecule has 0 fully saturated rings. The summed E-state index contributed by atoms with van der Waals surface area (Å²) in [7, 11) is 2.88. The quantitative estimate of drug-likeness (QED) is 0.499. The van der Waals surface area contributed by atoms with Gasteiger partial charge in [-0.2, -0.15) is 5.10 Å². The van der Waals surface area contributed by atoms with Crippen molar-refractivity contribution in [2.24, 2.45) is 5.10 Å². The number of carbonyl (C=O) groups excluding carboxylic acids is 2. The second-order valence-corrected chi connectivity index (χ2v) is 6.60. The number of nitrogens with one attached hydrogen (secondary N) is 1. The fraction of sp³-hybridized carbons (Fsp3) is 0.211. The van der Waals surface area contributed by atoms with Gasteiger partial charge >= 0.3 is 6.09 Å². The lowest BCUT2D eigenvalue weighted by atomic mass is 10.2.